The minimum Gasteiger partial charge on any atom is -0.506 e. The summed E-state index contributed by atoms with van der Waals surface area (Å²) < 4.78 is 0. The molecule has 0 radical (unpaired) electrons. The number of nitrogens with zero attached hydrogens (tertiary/aromatic N) is 3. The number of phenols is 1. The molecule has 35 heavy (non-hydrogen) atoms. The smallest absolute Gasteiger partial charge is 0.324 e. The Kier molecular flexibility index (Phi) is 5.12. The first kappa shape index (κ1) is 22.3. The van der Waals surface area contributed by atoms with Crippen molar-refractivity contribution in [3.8, 4) is 5.75 Å². The van der Waals surface area contributed by atoms with Crippen molar-refractivity contribution < 1.29 is 19.5 Å². The summed E-state index contributed by atoms with van der Waals surface area (Å²) in [6.45, 7) is -0.366. The van der Waals surface area contributed by atoms with Crippen LogP contribution in [-0.2, 0) is 16.1 Å². The van der Waals surface area contributed by atoms with Gasteiger partial charge in [0.15, 0.2) is 11.3 Å². The topological polar surface area (TPSA) is 105 Å². The van der Waals surface area contributed by atoms with Gasteiger partial charge in [0.1, 0.15) is 12.3 Å². The molecule has 2 aliphatic heterocycles. The molecule has 178 valence electrons. The summed E-state index contributed by atoms with van der Waals surface area (Å²) in [6.07, 6.45) is 0. The second-order valence-corrected chi connectivity index (χ2v) is 8.60. The van der Waals surface area contributed by atoms with Crippen LogP contribution in [0.25, 0.3) is 0 Å². The largest absolute Gasteiger partial charge is 0.506 e. The standard InChI is InChI=1S/C26H25N5O4/c1-29-24(35)30(2)26(19-13-7-4-8-14-19)25(29,18-11-5-3-6-12-18)28-23(34)31(26)17-22(33)27-20-15-9-10-16-21(20)32/h3-16,32H,17H2,1-2H3,(H,27,33)(H,28,34). The lowest BCUT2D eigenvalue weighted by molar-refractivity contribution is -0.120. The van der Waals surface area contributed by atoms with Crippen LogP contribution in [0, 0.1) is 0 Å². The predicted molar refractivity (Wildman–Crippen MR) is 129 cm³/mol. The number of anilines is 1. The highest BCUT2D eigenvalue weighted by atomic mass is 16.3. The Morgan fingerprint density at radius 2 is 1.43 bits per heavy atom. The van der Waals surface area contributed by atoms with E-state index in [1.165, 1.54) is 20.8 Å². The van der Waals surface area contributed by atoms with E-state index in [4.69, 9.17) is 0 Å². The summed E-state index contributed by atoms with van der Waals surface area (Å²) in [5, 5.41) is 15.8. The molecule has 2 saturated heterocycles. The van der Waals surface area contributed by atoms with E-state index < -0.39 is 23.3 Å². The van der Waals surface area contributed by atoms with Crippen LogP contribution in [0.1, 0.15) is 11.1 Å². The number of phenolic OH excluding ortho intramolecular Hbond substituents is 1. The van der Waals surface area contributed by atoms with Crippen LogP contribution in [0.2, 0.25) is 0 Å². The number of carbonyl (C=O) groups excluding carboxylic acids is 3. The molecule has 2 atom stereocenters. The molecule has 9 heteroatoms. The van der Waals surface area contributed by atoms with Crippen LogP contribution in [-0.4, -0.2) is 58.4 Å². The van der Waals surface area contributed by atoms with Crippen molar-refractivity contribution in [2.45, 2.75) is 11.3 Å². The number of aromatic hydroxyl groups is 1. The van der Waals surface area contributed by atoms with E-state index in [9.17, 15) is 19.5 Å². The van der Waals surface area contributed by atoms with E-state index in [2.05, 4.69) is 10.6 Å². The molecule has 0 aromatic heterocycles. The van der Waals surface area contributed by atoms with Gasteiger partial charge in [0.2, 0.25) is 5.91 Å². The van der Waals surface area contributed by atoms with Crippen molar-refractivity contribution in [1.82, 2.24) is 20.0 Å². The molecule has 0 aliphatic carbocycles. The van der Waals surface area contributed by atoms with Gasteiger partial charge in [-0.15, -0.1) is 0 Å². The lowest BCUT2D eigenvalue weighted by Crippen LogP contribution is -2.62. The summed E-state index contributed by atoms with van der Waals surface area (Å²) >= 11 is 0. The molecule has 0 saturated carbocycles. The number of urea groups is 2. The lowest BCUT2D eigenvalue weighted by Gasteiger charge is -2.46. The SMILES string of the molecule is CN1C(=O)N(C)C2(c3ccccc3)N(CC(=O)Nc3ccccc3O)C(=O)NC12c1ccccc1. The molecule has 5 amide bonds. The Labute approximate surface area is 202 Å². The van der Waals surface area contributed by atoms with Crippen molar-refractivity contribution in [2.75, 3.05) is 26.0 Å². The van der Waals surface area contributed by atoms with Crippen molar-refractivity contribution in [3.63, 3.8) is 0 Å². The third-order valence-corrected chi connectivity index (χ3v) is 6.84. The van der Waals surface area contributed by atoms with E-state index in [0.29, 0.717) is 11.1 Å². The Morgan fingerprint density at radius 3 is 2.06 bits per heavy atom. The Morgan fingerprint density at radius 1 is 0.857 bits per heavy atom. The van der Waals surface area contributed by atoms with Crippen LogP contribution in [0.15, 0.2) is 84.9 Å². The zero-order valence-corrected chi connectivity index (χ0v) is 19.3. The molecule has 3 aromatic rings. The number of hydrogen-bond donors (Lipinski definition) is 3. The molecule has 2 aliphatic rings. The second-order valence-electron chi connectivity index (χ2n) is 8.60. The third-order valence-electron chi connectivity index (χ3n) is 6.84. The average Bonchev–Trinajstić information content (AvgIpc) is 3.23. The Bertz CT molecular complexity index is 1300. The fraction of sp³-hybridized carbons (Fsp3) is 0.192. The van der Waals surface area contributed by atoms with Gasteiger partial charge < -0.3 is 15.7 Å². The summed E-state index contributed by atoms with van der Waals surface area (Å²) in [7, 11) is 3.27. The number of rotatable bonds is 5. The fourth-order valence-corrected chi connectivity index (χ4v) is 5.37. The number of para-hydroxylation sites is 2. The number of fused-ring (bicyclic) bond motifs is 1. The molecule has 3 N–H and O–H groups in total. The Hall–Kier alpha value is -4.53. The van der Waals surface area contributed by atoms with Crippen LogP contribution in [0.4, 0.5) is 15.3 Å². The van der Waals surface area contributed by atoms with Gasteiger partial charge in [0, 0.05) is 25.2 Å². The summed E-state index contributed by atoms with van der Waals surface area (Å²) in [4.78, 5) is 44.7. The average molecular weight is 472 g/mol. The molecule has 3 aromatic carbocycles. The van der Waals surface area contributed by atoms with Crippen LogP contribution >= 0.6 is 0 Å². The van der Waals surface area contributed by atoms with Gasteiger partial charge in [0.25, 0.3) is 0 Å². The van der Waals surface area contributed by atoms with E-state index >= 15 is 0 Å². The van der Waals surface area contributed by atoms with Crippen LogP contribution in [0.5, 0.6) is 5.75 Å². The molecular weight excluding hydrogens is 446 g/mol. The Balaban J connectivity index is 1.68. The molecule has 2 heterocycles. The zero-order valence-electron chi connectivity index (χ0n) is 19.3. The maximum absolute atomic E-state index is 13.6. The monoisotopic (exact) mass is 471 g/mol. The lowest BCUT2D eigenvalue weighted by atomic mass is 9.80. The highest BCUT2D eigenvalue weighted by Crippen LogP contribution is 2.56. The molecule has 2 unspecified atom stereocenters. The van der Waals surface area contributed by atoms with Gasteiger partial charge in [0.05, 0.1) is 5.69 Å². The molecule has 9 nitrogen and oxygen atoms in total. The minimum atomic E-state index is -1.38. The van der Waals surface area contributed by atoms with E-state index in [0.717, 1.165) is 0 Å². The first-order valence-electron chi connectivity index (χ1n) is 11.1. The van der Waals surface area contributed by atoms with Crippen molar-refractivity contribution in [2.24, 2.45) is 0 Å². The fourth-order valence-electron chi connectivity index (χ4n) is 5.37. The van der Waals surface area contributed by atoms with Crippen molar-refractivity contribution >= 4 is 23.7 Å². The number of hydrogen-bond acceptors (Lipinski definition) is 4. The van der Waals surface area contributed by atoms with E-state index in [-0.39, 0.29) is 24.0 Å². The number of likely N-dealkylation sites (N-methyl/N-ethyl adjacent to an activating group) is 2. The van der Waals surface area contributed by atoms with E-state index in [1.54, 1.807) is 32.3 Å². The first-order valence-corrected chi connectivity index (χ1v) is 11.1. The second kappa shape index (κ2) is 8.05. The number of amides is 5. The molecular formula is C26H25N5O4. The molecule has 0 spiro atoms. The maximum Gasteiger partial charge on any atom is 0.324 e. The normalized spacial score (nSPS) is 23.3. The van der Waals surface area contributed by atoms with Gasteiger partial charge in [-0.1, -0.05) is 72.8 Å². The highest BCUT2D eigenvalue weighted by molar-refractivity contribution is 5.97. The van der Waals surface area contributed by atoms with E-state index in [1.807, 2.05) is 60.7 Å². The molecule has 0 bridgehead atoms. The van der Waals surface area contributed by atoms with Gasteiger partial charge in [-0.25, -0.2) is 9.59 Å². The molecule has 5 rings (SSSR count). The zero-order chi connectivity index (χ0) is 24.8. The quantitative estimate of drug-likeness (QED) is 0.498. The first-order chi connectivity index (χ1) is 16.8. The third kappa shape index (κ3) is 2.97. The van der Waals surface area contributed by atoms with Gasteiger partial charge in [-0.05, 0) is 12.1 Å². The van der Waals surface area contributed by atoms with Gasteiger partial charge in [-0.2, -0.15) is 0 Å². The maximum atomic E-state index is 13.6. The summed E-state index contributed by atoms with van der Waals surface area (Å²) in [5.41, 5.74) is -1.10. The predicted octanol–water partition coefficient (Wildman–Crippen LogP) is 3.06. The van der Waals surface area contributed by atoms with Crippen LogP contribution < -0.4 is 10.6 Å². The minimum absolute atomic E-state index is 0.0870. The van der Waals surface area contributed by atoms with Crippen LogP contribution in [0.3, 0.4) is 0 Å². The van der Waals surface area contributed by atoms with Crippen molar-refractivity contribution in [1.29, 1.82) is 0 Å². The van der Waals surface area contributed by atoms with Gasteiger partial charge >= 0.3 is 12.1 Å². The number of benzene rings is 3. The summed E-state index contributed by atoms with van der Waals surface area (Å²) in [5.74, 6) is -0.604. The van der Waals surface area contributed by atoms with Crippen molar-refractivity contribution in [3.05, 3.63) is 96.1 Å². The summed E-state index contributed by atoms with van der Waals surface area (Å²) in [6, 6.07) is 24.0. The number of nitrogens with one attached hydrogen (secondary N) is 2. The molecule has 2 fully saturated rings. The highest BCUT2D eigenvalue weighted by Gasteiger charge is 2.75. The number of carbonyl (C=O) groups is 3. The van der Waals surface area contributed by atoms with Gasteiger partial charge in [-0.3, -0.25) is 19.5 Å².